The van der Waals surface area contributed by atoms with Gasteiger partial charge in [-0.15, -0.1) is 0 Å². The van der Waals surface area contributed by atoms with Crippen LogP contribution in [0.5, 0.6) is 0 Å². The van der Waals surface area contributed by atoms with E-state index in [-0.39, 0.29) is 18.6 Å². The third kappa shape index (κ3) is 5.11. The molecule has 1 atom stereocenters. The monoisotopic (exact) mass is 291 g/mol. The minimum Gasteiger partial charge on any atom is -0.396 e. The SMILES string of the molecule is CC(C)(CO)CNCC(O)c1ccc(C(F)(F)F)cc1. The maximum Gasteiger partial charge on any atom is 0.416 e. The fourth-order valence-electron chi connectivity index (χ4n) is 1.62. The second-order valence-corrected chi connectivity index (χ2v) is 5.59. The summed E-state index contributed by atoms with van der Waals surface area (Å²) < 4.78 is 37.2. The van der Waals surface area contributed by atoms with Crippen molar-refractivity contribution >= 4 is 0 Å². The maximum atomic E-state index is 12.4. The van der Waals surface area contributed by atoms with E-state index in [1.165, 1.54) is 12.1 Å². The number of nitrogens with one attached hydrogen (secondary N) is 1. The molecule has 1 rings (SSSR count). The Morgan fingerprint density at radius 3 is 2.15 bits per heavy atom. The second-order valence-electron chi connectivity index (χ2n) is 5.59. The summed E-state index contributed by atoms with van der Waals surface area (Å²) in [6, 6.07) is 4.45. The van der Waals surface area contributed by atoms with Gasteiger partial charge in [-0.2, -0.15) is 13.2 Å². The Balaban J connectivity index is 2.54. The van der Waals surface area contributed by atoms with E-state index in [0.29, 0.717) is 12.1 Å². The van der Waals surface area contributed by atoms with Gasteiger partial charge in [0.1, 0.15) is 0 Å². The van der Waals surface area contributed by atoms with Crippen LogP contribution in [0.15, 0.2) is 24.3 Å². The minimum absolute atomic E-state index is 0.0103. The first kappa shape index (κ1) is 16.9. The van der Waals surface area contributed by atoms with E-state index in [1.54, 1.807) is 0 Å². The molecule has 114 valence electrons. The molecular weight excluding hydrogens is 271 g/mol. The molecule has 0 saturated carbocycles. The van der Waals surface area contributed by atoms with Gasteiger partial charge in [0.05, 0.1) is 11.7 Å². The Morgan fingerprint density at radius 1 is 1.15 bits per heavy atom. The molecule has 0 aliphatic heterocycles. The lowest BCUT2D eigenvalue weighted by Gasteiger charge is -2.23. The van der Waals surface area contributed by atoms with Crippen LogP contribution in [0.1, 0.15) is 31.1 Å². The number of hydrogen-bond donors (Lipinski definition) is 3. The molecule has 0 aliphatic rings. The number of halogens is 3. The summed E-state index contributed by atoms with van der Waals surface area (Å²) in [4.78, 5) is 0. The van der Waals surface area contributed by atoms with E-state index < -0.39 is 17.8 Å². The van der Waals surface area contributed by atoms with Crippen molar-refractivity contribution in [3.63, 3.8) is 0 Å². The lowest BCUT2D eigenvalue weighted by molar-refractivity contribution is -0.137. The van der Waals surface area contributed by atoms with Gasteiger partial charge in [0.15, 0.2) is 0 Å². The van der Waals surface area contributed by atoms with Gasteiger partial charge in [-0.05, 0) is 17.7 Å². The highest BCUT2D eigenvalue weighted by atomic mass is 19.4. The number of rotatable bonds is 6. The predicted octanol–water partition coefficient (Wildman–Crippen LogP) is 2.35. The highest BCUT2D eigenvalue weighted by Crippen LogP contribution is 2.29. The Bertz CT molecular complexity index is 415. The van der Waals surface area contributed by atoms with Gasteiger partial charge in [-0.3, -0.25) is 0 Å². The van der Waals surface area contributed by atoms with Crippen molar-refractivity contribution in [3.8, 4) is 0 Å². The zero-order valence-corrected chi connectivity index (χ0v) is 11.5. The summed E-state index contributed by atoms with van der Waals surface area (Å²) in [5.74, 6) is 0. The second kappa shape index (κ2) is 6.56. The first-order valence-electron chi connectivity index (χ1n) is 6.32. The molecule has 0 heterocycles. The van der Waals surface area contributed by atoms with Crippen LogP contribution < -0.4 is 5.32 Å². The first-order valence-corrected chi connectivity index (χ1v) is 6.32. The molecule has 0 fully saturated rings. The van der Waals surface area contributed by atoms with Crippen LogP contribution in [0.2, 0.25) is 0 Å². The molecular formula is C14H20F3NO2. The summed E-state index contributed by atoms with van der Waals surface area (Å²) in [5, 5.41) is 21.9. The zero-order chi connectivity index (χ0) is 15.4. The third-order valence-corrected chi connectivity index (χ3v) is 2.99. The molecule has 20 heavy (non-hydrogen) atoms. The highest BCUT2D eigenvalue weighted by molar-refractivity contribution is 5.26. The largest absolute Gasteiger partial charge is 0.416 e. The molecule has 0 saturated heterocycles. The molecule has 0 aromatic heterocycles. The molecule has 0 spiro atoms. The van der Waals surface area contributed by atoms with Crippen molar-refractivity contribution < 1.29 is 23.4 Å². The molecule has 1 unspecified atom stereocenters. The average Bonchev–Trinajstić information content (AvgIpc) is 2.37. The van der Waals surface area contributed by atoms with Crippen LogP contribution >= 0.6 is 0 Å². The molecule has 3 nitrogen and oxygen atoms in total. The van der Waals surface area contributed by atoms with Crippen LogP contribution in [-0.2, 0) is 6.18 Å². The lowest BCUT2D eigenvalue weighted by atomic mass is 9.95. The minimum atomic E-state index is -4.37. The van der Waals surface area contributed by atoms with E-state index >= 15 is 0 Å². The summed E-state index contributed by atoms with van der Waals surface area (Å²) in [6.45, 7) is 4.46. The first-order chi connectivity index (χ1) is 9.15. The smallest absolute Gasteiger partial charge is 0.396 e. The third-order valence-electron chi connectivity index (χ3n) is 2.99. The van der Waals surface area contributed by atoms with E-state index in [9.17, 15) is 18.3 Å². The lowest BCUT2D eigenvalue weighted by Crippen LogP contribution is -2.34. The molecule has 1 aromatic carbocycles. The highest BCUT2D eigenvalue weighted by Gasteiger charge is 2.30. The van der Waals surface area contributed by atoms with Crippen LogP contribution in [0.4, 0.5) is 13.2 Å². The number of aliphatic hydroxyl groups is 2. The molecule has 3 N–H and O–H groups in total. The van der Waals surface area contributed by atoms with E-state index in [1.807, 2.05) is 13.8 Å². The maximum absolute atomic E-state index is 12.4. The van der Waals surface area contributed by atoms with Crippen molar-refractivity contribution in [2.45, 2.75) is 26.1 Å². The van der Waals surface area contributed by atoms with Crippen molar-refractivity contribution in [3.05, 3.63) is 35.4 Å². The fraction of sp³-hybridized carbons (Fsp3) is 0.571. The molecule has 0 bridgehead atoms. The van der Waals surface area contributed by atoms with Crippen molar-refractivity contribution in [1.82, 2.24) is 5.32 Å². The Labute approximate surface area is 116 Å². The average molecular weight is 291 g/mol. The zero-order valence-electron chi connectivity index (χ0n) is 11.5. The van der Waals surface area contributed by atoms with Gasteiger partial charge in [-0.1, -0.05) is 26.0 Å². The number of aliphatic hydroxyl groups excluding tert-OH is 2. The summed E-state index contributed by atoms with van der Waals surface area (Å²) >= 11 is 0. The van der Waals surface area contributed by atoms with Gasteiger partial charge in [0, 0.05) is 25.1 Å². The summed E-state index contributed by atoms with van der Waals surface area (Å²) in [5.41, 5.74) is -0.616. The summed E-state index contributed by atoms with van der Waals surface area (Å²) in [7, 11) is 0. The topological polar surface area (TPSA) is 52.5 Å². The summed E-state index contributed by atoms with van der Waals surface area (Å²) in [6.07, 6.45) is -5.25. The quantitative estimate of drug-likeness (QED) is 0.754. The molecule has 0 amide bonds. The van der Waals surface area contributed by atoms with E-state index in [0.717, 1.165) is 12.1 Å². The van der Waals surface area contributed by atoms with Gasteiger partial charge < -0.3 is 15.5 Å². The van der Waals surface area contributed by atoms with E-state index in [4.69, 9.17) is 5.11 Å². The molecule has 0 aliphatic carbocycles. The van der Waals surface area contributed by atoms with Gasteiger partial charge in [0.2, 0.25) is 0 Å². The number of benzene rings is 1. The van der Waals surface area contributed by atoms with Gasteiger partial charge in [-0.25, -0.2) is 0 Å². The normalized spacial score (nSPS) is 14.3. The Hall–Kier alpha value is -1.11. The van der Waals surface area contributed by atoms with E-state index in [2.05, 4.69) is 5.32 Å². The number of alkyl halides is 3. The number of hydrogen-bond acceptors (Lipinski definition) is 3. The predicted molar refractivity (Wildman–Crippen MR) is 70.1 cm³/mol. The van der Waals surface area contributed by atoms with Crippen LogP contribution in [0, 0.1) is 5.41 Å². The van der Waals surface area contributed by atoms with Crippen molar-refractivity contribution in [2.75, 3.05) is 19.7 Å². The molecule has 1 aromatic rings. The van der Waals surface area contributed by atoms with Crippen LogP contribution in [-0.4, -0.2) is 29.9 Å². The fourth-order valence-corrected chi connectivity index (χ4v) is 1.62. The van der Waals surface area contributed by atoms with Crippen LogP contribution in [0.3, 0.4) is 0 Å². The molecule has 0 radical (unpaired) electrons. The Kier molecular flexibility index (Phi) is 5.56. The van der Waals surface area contributed by atoms with Gasteiger partial charge in [0.25, 0.3) is 0 Å². The Morgan fingerprint density at radius 2 is 1.70 bits per heavy atom. The van der Waals surface area contributed by atoms with Gasteiger partial charge >= 0.3 is 6.18 Å². The van der Waals surface area contributed by atoms with Crippen molar-refractivity contribution in [2.24, 2.45) is 5.41 Å². The van der Waals surface area contributed by atoms with Crippen molar-refractivity contribution in [1.29, 1.82) is 0 Å². The molecule has 6 heteroatoms. The standard InChI is InChI=1S/C14H20F3NO2/c1-13(2,9-19)8-18-7-12(20)10-3-5-11(6-4-10)14(15,16)17/h3-6,12,18-20H,7-9H2,1-2H3. The van der Waals surface area contributed by atoms with Crippen LogP contribution in [0.25, 0.3) is 0 Å².